The van der Waals surface area contributed by atoms with Gasteiger partial charge in [0.05, 0.1) is 21.5 Å². The highest BCUT2D eigenvalue weighted by molar-refractivity contribution is 14.1. The Balaban J connectivity index is 2.37. The molecular formula is C13H14FIN2O4. The summed E-state index contributed by atoms with van der Waals surface area (Å²) in [6.07, 6.45) is 0. The number of hydrogen-bond acceptors (Lipinski definition) is 5. The van der Waals surface area contributed by atoms with Gasteiger partial charge in [0, 0.05) is 25.2 Å². The molecule has 114 valence electrons. The Morgan fingerprint density at radius 1 is 1.52 bits per heavy atom. The third-order valence-corrected chi connectivity index (χ3v) is 4.50. The molecule has 2 rings (SSSR count). The fourth-order valence-corrected chi connectivity index (χ4v) is 3.00. The second-order valence-corrected chi connectivity index (χ2v) is 6.19. The summed E-state index contributed by atoms with van der Waals surface area (Å²) >= 11 is 1.72. The molecule has 0 saturated carbocycles. The first-order valence-electron chi connectivity index (χ1n) is 6.31. The van der Waals surface area contributed by atoms with Crippen LogP contribution in [-0.2, 0) is 9.53 Å². The number of nitro groups is 1. The number of carbonyl (C=O) groups excluding carboxylic acids is 1. The van der Waals surface area contributed by atoms with E-state index in [4.69, 9.17) is 4.74 Å². The van der Waals surface area contributed by atoms with Gasteiger partial charge >= 0.3 is 5.97 Å². The third-order valence-electron chi connectivity index (χ3n) is 3.67. The molecule has 1 heterocycles. The zero-order valence-electron chi connectivity index (χ0n) is 11.5. The summed E-state index contributed by atoms with van der Waals surface area (Å²) in [4.78, 5) is 24.0. The molecule has 0 spiro atoms. The van der Waals surface area contributed by atoms with Crippen molar-refractivity contribution in [1.29, 1.82) is 0 Å². The van der Waals surface area contributed by atoms with Crippen LogP contribution in [-0.4, -0.2) is 31.1 Å². The average molecular weight is 408 g/mol. The standard InChI is InChI=1S/C13H14FIN2O4/c1-7-5-16(6-8(7)13(18)21-2)11-3-9(14)10(15)4-12(11)17(19)20/h3-4,7-8H,5-6H2,1-2H3. The molecule has 2 unspecified atom stereocenters. The van der Waals surface area contributed by atoms with Crippen LogP contribution in [0.2, 0.25) is 0 Å². The van der Waals surface area contributed by atoms with Crippen LogP contribution in [0.1, 0.15) is 6.92 Å². The summed E-state index contributed by atoms with van der Waals surface area (Å²) < 4.78 is 18.7. The Labute approximate surface area is 134 Å². The molecule has 0 N–H and O–H groups in total. The fraction of sp³-hybridized carbons (Fsp3) is 0.462. The molecule has 2 atom stereocenters. The largest absolute Gasteiger partial charge is 0.469 e. The highest BCUT2D eigenvalue weighted by Gasteiger charge is 2.38. The normalized spacial score (nSPS) is 21.4. The van der Waals surface area contributed by atoms with Gasteiger partial charge in [-0.1, -0.05) is 6.92 Å². The van der Waals surface area contributed by atoms with Gasteiger partial charge in [-0.3, -0.25) is 14.9 Å². The van der Waals surface area contributed by atoms with Crippen LogP contribution < -0.4 is 4.90 Å². The molecule has 0 amide bonds. The van der Waals surface area contributed by atoms with E-state index >= 15 is 0 Å². The monoisotopic (exact) mass is 408 g/mol. The molecule has 0 aromatic heterocycles. The van der Waals surface area contributed by atoms with Crippen LogP contribution >= 0.6 is 22.6 Å². The van der Waals surface area contributed by atoms with E-state index in [0.29, 0.717) is 6.54 Å². The average Bonchev–Trinajstić information content (AvgIpc) is 2.82. The number of nitrogens with zero attached hydrogens (tertiary/aromatic N) is 2. The van der Waals surface area contributed by atoms with E-state index in [2.05, 4.69) is 0 Å². The molecule has 8 heteroatoms. The van der Waals surface area contributed by atoms with E-state index < -0.39 is 10.7 Å². The molecule has 0 radical (unpaired) electrons. The predicted octanol–water partition coefficient (Wildman–Crippen LogP) is 2.58. The minimum absolute atomic E-state index is 0.0145. The Bertz CT molecular complexity index is 596. The van der Waals surface area contributed by atoms with Gasteiger partial charge in [0.15, 0.2) is 0 Å². The van der Waals surface area contributed by atoms with E-state index in [1.54, 1.807) is 27.5 Å². The van der Waals surface area contributed by atoms with Crippen molar-refractivity contribution < 1.29 is 18.8 Å². The highest BCUT2D eigenvalue weighted by Crippen LogP contribution is 2.36. The molecule has 1 aromatic rings. The third kappa shape index (κ3) is 3.09. The van der Waals surface area contributed by atoms with Gasteiger partial charge in [0.25, 0.3) is 5.69 Å². The van der Waals surface area contributed by atoms with Crippen molar-refractivity contribution in [2.75, 3.05) is 25.1 Å². The number of benzene rings is 1. The first-order valence-corrected chi connectivity index (χ1v) is 7.39. The van der Waals surface area contributed by atoms with Crippen LogP contribution in [0.25, 0.3) is 0 Å². The fourth-order valence-electron chi connectivity index (χ4n) is 2.55. The van der Waals surface area contributed by atoms with Gasteiger partial charge in [-0.25, -0.2) is 4.39 Å². The Kier molecular flexibility index (Phi) is 4.64. The Hall–Kier alpha value is -1.45. The summed E-state index contributed by atoms with van der Waals surface area (Å²) in [6, 6.07) is 2.37. The second kappa shape index (κ2) is 6.12. The molecule has 1 aliphatic rings. The maximum atomic E-state index is 13.7. The van der Waals surface area contributed by atoms with Crippen LogP contribution in [0.5, 0.6) is 0 Å². The molecule has 6 nitrogen and oxygen atoms in total. The van der Waals surface area contributed by atoms with Crippen LogP contribution in [0.3, 0.4) is 0 Å². The Morgan fingerprint density at radius 3 is 2.76 bits per heavy atom. The maximum Gasteiger partial charge on any atom is 0.310 e. The molecule has 1 saturated heterocycles. The molecular weight excluding hydrogens is 394 g/mol. The van der Waals surface area contributed by atoms with Crippen LogP contribution in [0.15, 0.2) is 12.1 Å². The zero-order valence-corrected chi connectivity index (χ0v) is 13.7. The maximum absolute atomic E-state index is 13.7. The number of hydrogen-bond donors (Lipinski definition) is 0. The number of nitro benzene ring substituents is 1. The van der Waals surface area contributed by atoms with Gasteiger partial charge in [-0.2, -0.15) is 0 Å². The van der Waals surface area contributed by atoms with E-state index in [9.17, 15) is 19.3 Å². The van der Waals surface area contributed by atoms with E-state index in [1.165, 1.54) is 13.2 Å². The Morgan fingerprint density at radius 2 is 2.19 bits per heavy atom. The van der Waals surface area contributed by atoms with Crippen molar-refractivity contribution in [1.82, 2.24) is 0 Å². The van der Waals surface area contributed by atoms with Crippen molar-refractivity contribution in [3.05, 3.63) is 31.6 Å². The molecule has 1 fully saturated rings. The van der Waals surface area contributed by atoms with Gasteiger partial charge < -0.3 is 9.64 Å². The summed E-state index contributed by atoms with van der Waals surface area (Å²) in [6.45, 7) is 2.60. The first kappa shape index (κ1) is 15.9. The van der Waals surface area contributed by atoms with Crippen LogP contribution in [0, 0.1) is 31.3 Å². The van der Waals surface area contributed by atoms with E-state index in [1.807, 2.05) is 6.92 Å². The van der Waals surface area contributed by atoms with Crippen molar-refractivity contribution in [3.63, 3.8) is 0 Å². The summed E-state index contributed by atoms with van der Waals surface area (Å²) in [5.74, 6) is -1.24. The van der Waals surface area contributed by atoms with E-state index in [0.717, 1.165) is 6.07 Å². The summed E-state index contributed by atoms with van der Waals surface area (Å²) in [5, 5.41) is 11.2. The minimum atomic E-state index is -0.535. The van der Waals surface area contributed by atoms with Gasteiger partial charge in [-0.15, -0.1) is 0 Å². The number of anilines is 1. The summed E-state index contributed by atoms with van der Waals surface area (Å²) in [7, 11) is 1.31. The quantitative estimate of drug-likeness (QED) is 0.333. The molecule has 21 heavy (non-hydrogen) atoms. The number of ether oxygens (including phenoxy) is 1. The molecule has 0 bridgehead atoms. The van der Waals surface area contributed by atoms with Crippen molar-refractivity contribution in [2.45, 2.75) is 6.92 Å². The lowest BCUT2D eigenvalue weighted by Crippen LogP contribution is -2.25. The lowest BCUT2D eigenvalue weighted by atomic mass is 9.99. The molecule has 1 aliphatic heterocycles. The van der Waals surface area contributed by atoms with Crippen molar-refractivity contribution in [2.24, 2.45) is 11.8 Å². The van der Waals surface area contributed by atoms with Gasteiger partial charge in [0.1, 0.15) is 11.5 Å². The van der Waals surface area contributed by atoms with Crippen molar-refractivity contribution >= 4 is 39.9 Å². The second-order valence-electron chi connectivity index (χ2n) is 5.02. The summed E-state index contributed by atoms with van der Waals surface area (Å²) in [5.41, 5.74) is 0.0506. The number of halogens is 2. The minimum Gasteiger partial charge on any atom is -0.469 e. The number of esters is 1. The number of rotatable bonds is 3. The van der Waals surface area contributed by atoms with Gasteiger partial charge in [0.2, 0.25) is 0 Å². The SMILES string of the molecule is COC(=O)C1CN(c2cc(F)c(I)cc2[N+](=O)[O-])CC1C. The van der Waals surface area contributed by atoms with Gasteiger partial charge in [-0.05, 0) is 28.5 Å². The number of methoxy groups -OCH3 is 1. The highest BCUT2D eigenvalue weighted by atomic mass is 127. The van der Waals surface area contributed by atoms with E-state index in [-0.39, 0.29) is 39.3 Å². The predicted molar refractivity (Wildman–Crippen MR) is 82.7 cm³/mol. The molecule has 1 aromatic carbocycles. The topological polar surface area (TPSA) is 72.7 Å². The lowest BCUT2D eigenvalue weighted by molar-refractivity contribution is -0.384. The number of carbonyl (C=O) groups is 1. The smallest absolute Gasteiger partial charge is 0.310 e. The van der Waals surface area contributed by atoms with Crippen molar-refractivity contribution in [3.8, 4) is 0 Å². The first-order chi connectivity index (χ1) is 9.85. The zero-order chi connectivity index (χ0) is 15.7. The van der Waals surface area contributed by atoms with Crippen LogP contribution in [0.4, 0.5) is 15.8 Å². The lowest BCUT2D eigenvalue weighted by Gasteiger charge is -2.18. The molecule has 0 aliphatic carbocycles.